The number of halogens is 1. The van der Waals surface area contributed by atoms with Gasteiger partial charge < -0.3 is 15.0 Å². The number of hydrogen-bond acceptors (Lipinski definition) is 4. The zero-order valence-corrected chi connectivity index (χ0v) is 17.8. The average Bonchev–Trinajstić information content (AvgIpc) is 2.79. The molecule has 7 heteroatoms. The molecule has 1 unspecified atom stereocenters. The molecule has 1 fully saturated rings. The number of nitrogens with one attached hydrogen (secondary N) is 1. The van der Waals surface area contributed by atoms with E-state index < -0.39 is 23.6 Å². The Morgan fingerprint density at radius 1 is 1.16 bits per heavy atom. The fraction of sp³-hybridized carbons (Fsp3) is 0.375. The lowest BCUT2D eigenvalue weighted by molar-refractivity contribution is -0.152. The van der Waals surface area contributed by atoms with Crippen LogP contribution in [-0.4, -0.2) is 42.4 Å². The van der Waals surface area contributed by atoms with E-state index in [2.05, 4.69) is 5.32 Å². The summed E-state index contributed by atoms with van der Waals surface area (Å²) in [7, 11) is 0. The van der Waals surface area contributed by atoms with Crippen LogP contribution < -0.4 is 5.32 Å². The fourth-order valence-corrected chi connectivity index (χ4v) is 3.76. The summed E-state index contributed by atoms with van der Waals surface area (Å²) in [4.78, 5) is 39.0. The molecule has 1 aliphatic heterocycles. The Labute approximate surface area is 181 Å². The number of ether oxygens (including phenoxy) is 1. The summed E-state index contributed by atoms with van der Waals surface area (Å²) in [5.74, 6) is -2.04. The molecule has 1 heterocycles. The van der Waals surface area contributed by atoms with Gasteiger partial charge in [0.2, 0.25) is 0 Å². The smallest absolute Gasteiger partial charge is 0.311 e. The van der Waals surface area contributed by atoms with Gasteiger partial charge in [-0.05, 0) is 61.6 Å². The number of aryl methyl sites for hydroxylation is 2. The quantitative estimate of drug-likeness (QED) is 0.714. The minimum Gasteiger partial charge on any atom is -0.455 e. The van der Waals surface area contributed by atoms with Gasteiger partial charge in [0.1, 0.15) is 5.82 Å². The van der Waals surface area contributed by atoms with Gasteiger partial charge in [0.15, 0.2) is 6.61 Å². The molecule has 164 valence electrons. The molecule has 1 N–H and O–H groups in total. The molecular weight excluding hydrogens is 399 g/mol. The van der Waals surface area contributed by atoms with E-state index >= 15 is 0 Å². The molecule has 2 amide bonds. The molecule has 0 spiro atoms. The van der Waals surface area contributed by atoms with E-state index in [1.54, 1.807) is 4.90 Å². The molecule has 0 saturated carbocycles. The molecule has 2 aromatic carbocycles. The van der Waals surface area contributed by atoms with Gasteiger partial charge in [-0.2, -0.15) is 0 Å². The molecular formula is C24H27FN2O4. The molecule has 0 aromatic heterocycles. The Balaban J connectivity index is 1.54. The summed E-state index contributed by atoms with van der Waals surface area (Å²) >= 11 is 0. The predicted octanol–water partition coefficient (Wildman–Crippen LogP) is 3.73. The third-order valence-electron chi connectivity index (χ3n) is 5.48. The van der Waals surface area contributed by atoms with E-state index in [1.165, 1.54) is 24.3 Å². The third-order valence-corrected chi connectivity index (χ3v) is 5.48. The van der Waals surface area contributed by atoms with Crippen molar-refractivity contribution in [1.82, 2.24) is 4.90 Å². The normalized spacial score (nSPS) is 16.0. The molecule has 3 rings (SSSR count). The maximum absolute atomic E-state index is 13.1. The van der Waals surface area contributed by atoms with E-state index in [1.807, 2.05) is 32.0 Å². The van der Waals surface area contributed by atoms with Gasteiger partial charge in [-0.25, -0.2) is 4.39 Å². The number of anilines is 1. The average molecular weight is 426 g/mol. The van der Waals surface area contributed by atoms with Crippen molar-refractivity contribution in [1.29, 1.82) is 0 Å². The van der Waals surface area contributed by atoms with Crippen LogP contribution in [0.15, 0.2) is 42.5 Å². The van der Waals surface area contributed by atoms with Crippen LogP contribution in [0.4, 0.5) is 10.1 Å². The van der Waals surface area contributed by atoms with Crippen LogP contribution in [-0.2, 0) is 20.7 Å². The number of esters is 1. The van der Waals surface area contributed by atoms with Crippen molar-refractivity contribution in [2.24, 2.45) is 5.92 Å². The highest BCUT2D eigenvalue weighted by Crippen LogP contribution is 2.22. The molecule has 1 saturated heterocycles. The van der Waals surface area contributed by atoms with Gasteiger partial charge in [-0.3, -0.25) is 14.4 Å². The summed E-state index contributed by atoms with van der Waals surface area (Å²) in [5, 5.41) is 2.83. The third kappa shape index (κ3) is 5.69. The number of rotatable bonds is 6. The predicted molar refractivity (Wildman–Crippen MR) is 115 cm³/mol. The van der Waals surface area contributed by atoms with Crippen LogP contribution >= 0.6 is 0 Å². The van der Waals surface area contributed by atoms with E-state index in [4.69, 9.17) is 4.74 Å². The van der Waals surface area contributed by atoms with E-state index in [0.29, 0.717) is 24.9 Å². The summed E-state index contributed by atoms with van der Waals surface area (Å²) in [6, 6.07) is 11.1. The number of amides is 2. The monoisotopic (exact) mass is 426 g/mol. The van der Waals surface area contributed by atoms with Crippen molar-refractivity contribution in [3.8, 4) is 0 Å². The van der Waals surface area contributed by atoms with Crippen LogP contribution in [0.2, 0.25) is 0 Å². The van der Waals surface area contributed by atoms with Gasteiger partial charge in [-0.1, -0.05) is 25.1 Å². The minimum absolute atomic E-state index is 0.217. The van der Waals surface area contributed by atoms with Crippen LogP contribution in [0.1, 0.15) is 41.3 Å². The molecule has 2 aromatic rings. The number of hydrogen-bond donors (Lipinski definition) is 1. The standard InChI is InChI=1S/C24H27FN2O4/c1-3-17-7-4-6-16(2)22(17)26-21(28)15-31-24(30)19-8-5-13-27(14-19)23(29)18-9-11-20(25)12-10-18/h4,6-7,9-12,19H,3,5,8,13-15H2,1-2H3,(H,26,28). The van der Waals surface area contributed by atoms with Gasteiger partial charge in [0.25, 0.3) is 11.8 Å². The molecule has 31 heavy (non-hydrogen) atoms. The van der Waals surface area contributed by atoms with Gasteiger partial charge >= 0.3 is 5.97 Å². The first-order valence-electron chi connectivity index (χ1n) is 10.5. The van der Waals surface area contributed by atoms with Crippen molar-refractivity contribution in [2.75, 3.05) is 25.0 Å². The highest BCUT2D eigenvalue weighted by atomic mass is 19.1. The Morgan fingerprint density at radius 2 is 1.90 bits per heavy atom. The Kier molecular flexibility index (Phi) is 7.39. The van der Waals surface area contributed by atoms with Crippen molar-refractivity contribution >= 4 is 23.5 Å². The lowest BCUT2D eigenvalue weighted by Gasteiger charge is -2.31. The first-order valence-corrected chi connectivity index (χ1v) is 10.5. The number of likely N-dealkylation sites (tertiary alicyclic amines) is 1. The van der Waals surface area contributed by atoms with Crippen molar-refractivity contribution in [3.05, 3.63) is 65.0 Å². The molecule has 0 aliphatic carbocycles. The molecule has 1 aliphatic rings. The number of piperidine rings is 1. The van der Waals surface area contributed by atoms with Gasteiger partial charge in [0, 0.05) is 24.3 Å². The van der Waals surface area contributed by atoms with Crippen LogP contribution in [0, 0.1) is 18.7 Å². The summed E-state index contributed by atoms with van der Waals surface area (Å²) in [5.41, 5.74) is 3.09. The number of carbonyl (C=O) groups excluding carboxylic acids is 3. The second-order valence-corrected chi connectivity index (χ2v) is 7.72. The van der Waals surface area contributed by atoms with E-state index in [-0.39, 0.29) is 19.1 Å². The van der Waals surface area contributed by atoms with Crippen molar-refractivity contribution < 1.29 is 23.5 Å². The number of benzene rings is 2. The number of nitrogens with zero attached hydrogens (tertiary/aromatic N) is 1. The lowest BCUT2D eigenvalue weighted by Crippen LogP contribution is -2.43. The first-order chi connectivity index (χ1) is 14.9. The zero-order chi connectivity index (χ0) is 22.4. The Bertz CT molecular complexity index is 959. The van der Waals surface area contributed by atoms with Crippen LogP contribution in [0.5, 0.6) is 0 Å². The summed E-state index contributed by atoms with van der Waals surface area (Å²) in [6.45, 7) is 4.28. The highest BCUT2D eigenvalue weighted by Gasteiger charge is 2.30. The van der Waals surface area contributed by atoms with E-state index in [0.717, 1.165) is 23.2 Å². The largest absolute Gasteiger partial charge is 0.455 e. The maximum Gasteiger partial charge on any atom is 0.311 e. The van der Waals surface area contributed by atoms with Gasteiger partial charge in [0.05, 0.1) is 5.92 Å². The van der Waals surface area contributed by atoms with Crippen molar-refractivity contribution in [2.45, 2.75) is 33.1 Å². The molecule has 1 atom stereocenters. The summed E-state index contributed by atoms with van der Waals surface area (Å²) < 4.78 is 18.3. The Morgan fingerprint density at radius 3 is 2.61 bits per heavy atom. The van der Waals surface area contributed by atoms with Crippen LogP contribution in [0.3, 0.4) is 0 Å². The molecule has 6 nitrogen and oxygen atoms in total. The number of carbonyl (C=O) groups is 3. The highest BCUT2D eigenvalue weighted by molar-refractivity contribution is 5.95. The molecule has 0 radical (unpaired) electrons. The second kappa shape index (κ2) is 10.2. The number of para-hydroxylation sites is 1. The fourth-order valence-electron chi connectivity index (χ4n) is 3.76. The Hall–Kier alpha value is -3.22. The molecule has 0 bridgehead atoms. The van der Waals surface area contributed by atoms with E-state index in [9.17, 15) is 18.8 Å². The summed E-state index contributed by atoms with van der Waals surface area (Å²) in [6.07, 6.45) is 2.02. The van der Waals surface area contributed by atoms with Crippen LogP contribution in [0.25, 0.3) is 0 Å². The second-order valence-electron chi connectivity index (χ2n) is 7.72. The minimum atomic E-state index is -0.493. The van der Waals surface area contributed by atoms with Crippen molar-refractivity contribution in [3.63, 3.8) is 0 Å². The first kappa shape index (κ1) is 22.5. The SMILES string of the molecule is CCc1cccc(C)c1NC(=O)COC(=O)C1CCCN(C(=O)c2ccc(F)cc2)C1. The lowest BCUT2D eigenvalue weighted by atomic mass is 9.97. The van der Waals surface area contributed by atoms with Gasteiger partial charge in [-0.15, -0.1) is 0 Å². The maximum atomic E-state index is 13.1. The zero-order valence-electron chi connectivity index (χ0n) is 17.8. The topological polar surface area (TPSA) is 75.7 Å².